The first-order chi connectivity index (χ1) is 16.7. The number of nitrogens with one attached hydrogen (secondary N) is 2. The number of ether oxygens (including phenoxy) is 2. The van der Waals surface area contributed by atoms with Crippen LogP contribution in [0.15, 0.2) is 46.0 Å². The quantitative estimate of drug-likeness (QED) is 0.477. The number of carbonyl (C=O) groups is 2. The monoisotopic (exact) mass is 482 g/mol. The van der Waals surface area contributed by atoms with Gasteiger partial charge in [-0.15, -0.1) is 0 Å². The van der Waals surface area contributed by atoms with Crippen molar-refractivity contribution in [2.45, 2.75) is 39.4 Å². The SMILES string of the molecule is CCC(C)NC(=O)Cn1c(=O)n(Cc2ccc(C(=O)NC)cc2)c(=O)c2cc(OC)c(OC)cc21. The highest BCUT2D eigenvalue weighted by atomic mass is 16.5. The molecule has 2 N–H and O–H groups in total. The van der Waals surface area contributed by atoms with Gasteiger partial charge in [-0.1, -0.05) is 19.1 Å². The van der Waals surface area contributed by atoms with Gasteiger partial charge in [0.2, 0.25) is 5.91 Å². The highest BCUT2D eigenvalue weighted by Gasteiger charge is 2.19. The van der Waals surface area contributed by atoms with E-state index in [0.29, 0.717) is 22.6 Å². The molecule has 2 amide bonds. The lowest BCUT2D eigenvalue weighted by atomic mass is 10.1. The summed E-state index contributed by atoms with van der Waals surface area (Å²) in [7, 11) is 4.44. The second kappa shape index (κ2) is 10.9. The summed E-state index contributed by atoms with van der Waals surface area (Å²) in [5.41, 5.74) is 0.206. The fourth-order valence-electron chi connectivity index (χ4n) is 3.69. The van der Waals surface area contributed by atoms with Crippen LogP contribution in [0.1, 0.15) is 36.2 Å². The van der Waals surface area contributed by atoms with E-state index in [1.54, 1.807) is 24.3 Å². The number of nitrogens with zero attached hydrogens (tertiary/aromatic N) is 2. The fraction of sp³-hybridized carbons (Fsp3) is 0.360. The Balaban J connectivity index is 2.17. The Bertz CT molecular complexity index is 1360. The van der Waals surface area contributed by atoms with Crippen molar-refractivity contribution >= 4 is 22.7 Å². The summed E-state index contributed by atoms with van der Waals surface area (Å²) < 4.78 is 13.0. The number of hydrogen-bond acceptors (Lipinski definition) is 6. The molecular formula is C25H30N4O6. The van der Waals surface area contributed by atoms with Crippen molar-refractivity contribution in [2.75, 3.05) is 21.3 Å². The molecule has 3 aromatic rings. The third kappa shape index (κ3) is 5.37. The van der Waals surface area contributed by atoms with Gasteiger partial charge in [0.05, 0.1) is 31.7 Å². The van der Waals surface area contributed by atoms with Gasteiger partial charge in [0, 0.05) is 24.7 Å². The Morgan fingerprint density at radius 2 is 1.63 bits per heavy atom. The van der Waals surface area contributed by atoms with Gasteiger partial charge >= 0.3 is 5.69 Å². The Morgan fingerprint density at radius 1 is 1.00 bits per heavy atom. The topological polar surface area (TPSA) is 121 Å². The first-order valence-corrected chi connectivity index (χ1v) is 11.2. The molecule has 0 saturated carbocycles. The molecule has 0 aliphatic rings. The third-order valence-corrected chi connectivity index (χ3v) is 5.84. The lowest BCUT2D eigenvalue weighted by Gasteiger charge is -2.17. The van der Waals surface area contributed by atoms with E-state index in [0.717, 1.165) is 11.0 Å². The fourth-order valence-corrected chi connectivity index (χ4v) is 3.69. The number of amides is 2. The number of benzene rings is 2. The number of aromatic nitrogens is 2. The van der Waals surface area contributed by atoms with Crippen LogP contribution in [0.4, 0.5) is 0 Å². The molecule has 1 heterocycles. The van der Waals surface area contributed by atoms with Crippen LogP contribution in [-0.2, 0) is 17.9 Å². The minimum atomic E-state index is -0.635. The molecule has 10 heteroatoms. The molecule has 0 spiro atoms. The average Bonchev–Trinajstić information content (AvgIpc) is 2.87. The van der Waals surface area contributed by atoms with Crippen LogP contribution in [-0.4, -0.2) is 48.3 Å². The largest absolute Gasteiger partial charge is 0.493 e. The molecule has 0 aliphatic heterocycles. The van der Waals surface area contributed by atoms with Crippen LogP contribution in [0.5, 0.6) is 11.5 Å². The minimum Gasteiger partial charge on any atom is -0.493 e. The van der Waals surface area contributed by atoms with Crippen LogP contribution in [0.25, 0.3) is 10.9 Å². The zero-order valence-electron chi connectivity index (χ0n) is 20.5. The van der Waals surface area contributed by atoms with E-state index in [4.69, 9.17) is 9.47 Å². The summed E-state index contributed by atoms with van der Waals surface area (Å²) in [6, 6.07) is 9.55. The second-order valence-corrected chi connectivity index (χ2v) is 8.14. The summed E-state index contributed by atoms with van der Waals surface area (Å²) >= 11 is 0. The Kier molecular flexibility index (Phi) is 7.95. The molecule has 0 saturated heterocycles. The van der Waals surface area contributed by atoms with Crippen molar-refractivity contribution in [3.63, 3.8) is 0 Å². The van der Waals surface area contributed by atoms with E-state index in [-0.39, 0.29) is 41.8 Å². The van der Waals surface area contributed by atoms with Crippen LogP contribution in [0.3, 0.4) is 0 Å². The smallest absolute Gasteiger partial charge is 0.332 e. The minimum absolute atomic E-state index is 0.0387. The van der Waals surface area contributed by atoms with Gasteiger partial charge in [-0.25, -0.2) is 4.79 Å². The predicted octanol–water partition coefficient (Wildman–Crippen LogP) is 1.50. The van der Waals surface area contributed by atoms with Gasteiger partial charge in [0.15, 0.2) is 11.5 Å². The maximum absolute atomic E-state index is 13.5. The summed E-state index contributed by atoms with van der Waals surface area (Å²) in [5.74, 6) is 0.0677. The van der Waals surface area contributed by atoms with Crippen molar-refractivity contribution in [3.05, 3.63) is 68.4 Å². The van der Waals surface area contributed by atoms with Crippen molar-refractivity contribution < 1.29 is 19.1 Å². The first-order valence-electron chi connectivity index (χ1n) is 11.2. The standard InChI is InChI=1S/C25H30N4O6/c1-6-15(2)27-22(30)14-28-19-12-21(35-5)20(34-4)11-18(19)24(32)29(25(28)33)13-16-7-9-17(10-8-16)23(31)26-3/h7-12,15H,6,13-14H2,1-5H3,(H,26,31)(H,27,30). The van der Waals surface area contributed by atoms with E-state index in [1.165, 1.54) is 38.0 Å². The van der Waals surface area contributed by atoms with Crippen molar-refractivity contribution in [1.29, 1.82) is 0 Å². The summed E-state index contributed by atoms with van der Waals surface area (Å²) in [5, 5.41) is 5.60. The van der Waals surface area contributed by atoms with Gasteiger partial charge in [0.1, 0.15) is 6.54 Å². The van der Waals surface area contributed by atoms with Gasteiger partial charge in [-0.2, -0.15) is 0 Å². The third-order valence-electron chi connectivity index (χ3n) is 5.84. The molecule has 0 fully saturated rings. The number of rotatable bonds is 9. The van der Waals surface area contributed by atoms with Gasteiger partial charge in [-0.05, 0) is 37.1 Å². The zero-order chi connectivity index (χ0) is 25.7. The molecule has 0 bridgehead atoms. The van der Waals surface area contributed by atoms with Gasteiger partial charge in [-0.3, -0.25) is 23.5 Å². The molecule has 0 aliphatic carbocycles. The second-order valence-electron chi connectivity index (χ2n) is 8.14. The van der Waals surface area contributed by atoms with Gasteiger partial charge in [0.25, 0.3) is 11.5 Å². The highest BCUT2D eigenvalue weighted by Crippen LogP contribution is 2.30. The van der Waals surface area contributed by atoms with E-state index >= 15 is 0 Å². The van der Waals surface area contributed by atoms with Gasteiger partial charge < -0.3 is 20.1 Å². The molecule has 1 atom stereocenters. The van der Waals surface area contributed by atoms with Crippen molar-refractivity contribution in [1.82, 2.24) is 19.8 Å². The number of carbonyl (C=O) groups excluding carboxylic acids is 2. The van der Waals surface area contributed by atoms with Crippen LogP contribution in [0.2, 0.25) is 0 Å². The van der Waals surface area contributed by atoms with E-state index in [1.807, 2.05) is 13.8 Å². The number of fused-ring (bicyclic) bond motifs is 1. The first kappa shape index (κ1) is 25.5. The molecular weight excluding hydrogens is 452 g/mol. The molecule has 10 nitrogen and oxygen atoms in total. The molecule has 2 aromatic carbocycles. The number of methoxy groups -OCH3 is 2. The molecule has 1 aromatic heterocycles. The molecule has 1 unspecified atom stereocenters. The Labute approximate surface area is 202 Å². The summed E-state index contributed by atoms with van der Waals surface area (Å²) in [4.78, 5) is 51.4. The van der Waals surface area contributed by atoms with Crippen LogP contribution < -0.4 is 31.4 Å². The normalized spacial score (nSPS) is 11.7. The molecule has 3 rings (SSSR count). The Hall–Kier alpha value is -4.08. The summed E-state index contributed by atoms with van der Waals surface area (Å²) in [6.07, 6.45) is 0.734. The zero-order valence-corrected chi connectivity index (χ0v) is 20.5. The van der Waals surface area contributed by atoms with Crippen LogP contribution in [0, 0.1) is 0 Å². The van der Waals surface area contributed by atoms with Crippen molar-refractivity contribution in [2.24, 2.45) is 0 Å². The molecule has 35 heavy (non-hydrogen) atoms. The van der Waals surface area contributed by atoms with Crippen molar-refractivity contribution in [3.8, 4) is 11.5 Å². The molecule has 186 valence electrons. The maximum Gasteiger partial charge on any atom is 0.332 e. The number of hydrogen-bond donors (Lipinski definition) is 2. The van der Waals surface area contributed by atoms with E-state index in [2.05, 4.69) is 10.6 Å². The average molecular weight is 483 g/mol. The lowest BCUT2D eigenvalue weighted by Crippen LogP contribution is -2.44. The Morgan fingerprint density at radius 3 is 2.20 bits per heavy atom. The highest BCUT2D eigenvalue weighted by molar-refractivity contribution is 5.94. The van der Waals surface area contributed by atoms with E-state index < -0.39 is 11.2 Å². The lowest BCUT2D eigenvalue weighted by molar-refractivity contribution is -0.122. The van der Waals surface area contributed by atoms with E-state index in [9.17, 15) is 19.2 Å². The maximum atomic E-state index is 13.5. The summed E-state index contributed by atoms with van der Waals surface area (Å²) in [6.45, 7) is 3.50. The van der Waals surface area contributed by atoms with Crippen LogP contribution >= 0.6 is 0 Å². The molecule has 0 radical (unpaired) electrons. The predicted molar refractivity (Wildman–Crippen MR) is 132 cm³/mol.